The molecule has 3 aliphatic rings. The number of likely N-dealkylation sites (tertiary alicyclic amines) is 1. The highest BCUT2D eigenvalue weighted by Gasteiger charge is 2.57. The summed E-state index contributed by atoms with van der Waals surface area (Å²) in [7, 11) is 0. The summed E-state index contributed by atoms with van der Waals surface area (Å²) in [6, 6.07) is 10.6. The fraction of sp³-hybridized carbons (Fsp3) is 0.462. The van der Waals surface area contributed by atoms with Gasteiger partial charge in [0.15, 0.2) is 5.54 Å². The molecule has 0 aliphatic carbocycles. The number of urea groups is 1. The lowest BCUT2D eigenvalue weighted by molar-refractivity contribution is -0.137. The number of imide groups is 1. The molecule has 0 bridgehead atoms. The van der Waals surface area contributed by atoms with E-state index in [-0.39, 0.29) is 36.8 Å². The van der Waals surface area contributed by atoms with Crippen LogP contribution in [0.15, 0.2) is 48.8 Å². The number of benzene rings is 1. The number of halogens is 1. The minimum absolute atomic E-state index is 0.00812. The molecule has 1 N–H and O–H groups in total. The van der Waals surface area contributed by atoms with Crippen molar-refractivity contribution < 1.29 is 19.1 Å². The van der Waals surface area contributed by atoms with Crippen molar-refractivity contribution in [2.24, 2.45) is 5.92 Å². The largest absolute Gasteiger partial charge is 0.376 e. The third kappa shape index (κ3) is 4.52. The summed E-state index contributed by atoms with van der Waals surface area (Å²) >= 11 is 6.24. The second kappa shape index (κ2) is 9.95. The summed E-state index contributed by atoms with van der Waals surface area (Å²) in [6.45, 7) is 1.92. The van der Waals surface area contributed by atoms with Gasteiger partial charge in [-0.3, -0.25) is 19.5 Å². The zero-order chi connectivity index (χ0) is 24.4. The number of amides is 4. The zero-order valence-corrected chi connectivity index (χ0v) is 20.2. The smallest absolute Gasteiger partial charge is 0.325 e. The number of nitrogens with one attached hydrogen (secondary N) is 1. The first-order chi connectivity index (χ1) is 17.0. The molecule has 9 heteroatoms. The topological polar surface area (TPSA) is 91.8 Å². The van der Waals surface area contributed by atoms with Crippen molar-refractivity contribution in [1.82, 2.24) is 20.1 Å². The van der Waals surface area contributed by atoms with Crippen molar-refractivity contribution in [3.05, 3.63) is 64.9 Å². The maximum absolute atomic E-state index is 13.9. The molecular formula is C26H29ClN4O4. The third-order valence-electron chi connectivity index (χ3n) is 7.42. The molecule has 1 aromatic carbocycles. The van der Waals surface area contributed by atoms with E-state index in [2.05, 4.69) is 10.3 Å². The summed E-state index contributed by atoms with van der Waals surface area (Å²) in [4.78, 5) is 47.3. The van der Waals surface area contributed by atoms with Crippen LogP contribution in [0, 0.1) is 5.92 Å². The molecule has 3 saturated heterocycles. The third-order valence-corrected chi connectivity index (χ3v) is 7.79. The molecule has 35 heavy (non-hydrogen) atoms. The summed E-state index contributed by atoms with van der Waals surface area (Å²) < 4.78 is 5.69. The van der Waals surface area contributed by atoms with E-state index >= 15 is 0 Å². The van der Waals surface area contributed by atoms with Crippen molar-refractivity contribution in [1.29, 1.82) is 0 Å². The van der Waals surface area contributed by atoms with Gasteiger partial charge >= 0.3 is 6.03 Å². The van der Waals surface area contributed by atoms with Crippen LogP contribution in [0.4, 0.5) is 4.79 Å². The molecule has 4 amide bonds. The lowest BCUT2D eigenvalue weighted by Gasteiger charge is -2.41. The maximum Gasteiger partial charge on any atom is 0.325 e. The normalized spacial score (nSPS) is 25.2. The molecule has 3 fully saturated rings. The predicted octanol–water partition coefficient (Wildman–Crippen LogP) is 3.14. The Morgan fingerprint density at radius 2 is 1.94 bits per heavy atom. The van der Waals surface area contributed by atoms with Gasteiger partial charge in [-0.25, -0.2) is 4.79 Å². The van der Waals surface area contributed by atoms with Crippen molar-refractivity contribution in [2.75, 3.05) is 26.2 Å². The zero-order valence-electron chi connectivity index (χ0n) is 19.5. The lowest BCUT2D eigenvalue weighted by atomic mass is 9.73. The van der Waals surface area contributed by atoms with Gasteiger partial charge in [0.05, 0.1) is 19.1 Å². The second-order valence-corrected chi connectivity index (χ2v) is 9.86. The first-order valence-corrected chi connectivity index (χ1v) is 12.5. The maximum atomic E-state index is 13.9. The van der Waals surface area contributed by atoms with Gasteiger partial charge < -0.3 is 15.0 Å². The first-order valence-electron chi connectivity index (χ1n) is 12.2. The predicted molar refractivity (Wildman–Crippen MR) is 130 cm³/mol. The van der Waals surface area contributed by atoms with Gasteiger partial charge in [-0.05, 0) is 49.3 Å². The Balaban J connectivity index is 1.34. The quantitative estimate of drug-likeness (QED) is 0.620. The van der Waals surface area contributed by atoms with Gasteiger partial charge in [-0.15, -0.1) is 0 Å². The molecule has 3 aliphatic heterocycles. The van der Waals surface area contributed by atoms with Crippen LogP contribution in [0.3, 0.4) is 0 Å². The van der Waals surface area contributed by atoms with Crippen molar-refractivity contribution >= 4 is 29.4 Å². The average molecular weight is 497 g/mol. The second-order valence-electron chi connectivity index (χ2n) is 9.45. The fourth-order valence-electron chi connectivity index (χ4n) is 5.53. The first kappa shape index (κ1) is 23.8. The van der Waals surface area contributed by atoms with Crippen LogP contribution >= 0.6 is 11.6 Å². The Morgan fingerprint density at radius 1 is 1.14 bits per heavy atom. The number of aromatic nitrogens is 1. The number of hydrogen-bond acceptors (Lipinski definition) is 5. The molecule has 2 unspecified atom stereocenters. The van der Waals surface area contributed by atoms with Crippen LogP contribution in [0.25, 0.3) is 0 Å². The molecule has 0 radical (unpaired) electrons. The van der Waals surface area contributed by atoms with Crippen LogP contribution in [0.5, 0.6) is 0 Å². The summed E-state index contributed by atoms with van der Waals surface area (Å²) in [5, 5.41) is 3.62. The Kier molecular flexibility index (Phi) is 6.75. The molecule has 0 saturated carbocycles. The molecule has 184 valence electrons. The van der Waals surface area contributed by atoms with E-state index in [1.165, 1.54) is 4.90 Å². The standard InChI is InChI=1S/C26H29ClN4O4/c27-22-8-2-1-5-18(22)15-23(32)30-12-9-19(10-13-30)26(20-6-3-11-28-16-20)24(33)31(25(34)29-26)17-21-7-4-14-35-21/h1-3,5-6,8,11,16,19,21H,4,7,9-10,12-15,17H2,(H,29,34). The summed E-state index contributed by atoms with van der Waals surface area (Å²) in [5.41, 5.74) is 0.284. The minimum Gasteiger partial charge on any atom is -0.376 e. The van der Waals surface area contributed by atoms with E-state index in [4.69, 9.17) is 16.3 Å². The van der Waals surface area contributed by atoms with E-state index in [0.717, 1.165) is 18.4 Å². The van der Waals surface area contributed by atoms with Gasteiger partial charge in [0, 0.05) is 42.7 Å². The molecule has 0 spiro atoms. The number of hydrogen-bond donors (Lipinski definition) is 1. The number of pyridine rings is 1. The van der Waals surface area contributed by atoms with Gasteiger partial charge in [-0.1, -0.05) is 35.9 Å². The van der Waals surface area contributed by atoms with E-state index in [0.29, 0.717) is 43.1 Å². The number of piperidine rings is 1. The van der Waals surface area contributed by atoms with Gasteiger partial charge in [-0.2, -0.15) is 0 Å². The van der Waals surface area contributed by atoms with Gasteiger partial charge in [0.1, 0.15) is 0 Å². The number of carbonyl (C=O) groups is 3. The highest BCUT2D eigenvalue weighted by atomic mass is 35.5. The van der Waals surface area contributed by atoms with Crippen LogP contribution in [-0.2, 0) is 26.3 Å². The monoisotopic (exact) mass is 496 g/mol. The van der Waals surface area contributed by atoms with Crippen molar-refractivity contribution in [3.8, 4) is 0 Å². The Labute approximate surface area is 209 Å². The number of ether oxygens (including phenoxy) is 1. The van der Waals surface area contributed by atoms with Crippen LogP contribution in [0.1, 0.15) is 36.8 Å². The highest BCUT2D eigenvalue weighted by molar-refractivity contribution is 6.31. The van der Waals surface area contributed by atoms with E-state index in [9.17, 15) is 14.4 Å². The van der Waals surface area contributed by atoms with Crippen LogP contribution in [0.2, 0.25) is 5.02 Å². The molecular weight excluding hydrogens is 468 g/mol. The van der Waals surface area contributed by atoms with E-state index in [1.807, 2.05) is 29.2 Å². The summed E-state index contributed by atoms with van der Waals surface area (Å²) in [6.07, 6.45) is 6.36. The molecule has 1 aromatic heterocycles. The lowest BCUT2D eigenvalue weighted by Crippen LogP contribution is -2.54. The molecule has 8 nitrogen and oxygen atoms in total. The van der Waals surface area contributed by atoms with E-state index < -0.39 is 11.6 Å². The fourth-order valence-corrected chi connectivity index (χ4v) is 5.74. The van der Waals surface area contributed by atoms with E-state index in [1.54, 1.807) is 24.5 Å². The van der Waals surface area contributed by atoms with Crippen molar-refractivity contribution in [3.63, 3.8) is 0 Å². The molecule has 5 rings (SSSR count). The molecule has 2 atom stereocenters. The minimum atomic E-state index is -1.19. The Hall–Kier alpha value is -2.97. The molecule has 2 aromatic rings. The number of carbonyl (C=O) groups excluding carboxylic acids is 3. The Bertz CT molecular complexity index is 1100. The Morgan fingerprint density at radius 3 is 2.63 bits per heavy atom. The molecule has 4 heterocycles. The van der Waals surface area contributed by atoms with Crippen LogP contribution < -0.4 is 5.32 Å². The number of rotatable bonds is 6. The number of nitrogens with zero attached hydrogens (tertiary/aromatic N) is 3. The van der Waals surface area contributed by atoms with Crippen molar-refractivity contribution in [2.45, 2.75) is 43.7 Å². The SMILES string of the molecule is O=C(Cc1ccccc1Cl)N1CCC(C2(c3cccnc3)NC(=O)N(CC3CCCO3)C2=O)CC1. The average Bonchev–Trinajstić information content (AvgIpc) is 3.49. The van der Waals surface area contributed by atoms with Crippen LogP contribution in [-0.4, -0.2) is 65.0 Å². The highest BCUT2D eigenvalue weighted by Crippen LogP contribution is 2.41. The van der Waals surface area contributed by atoms with Gasteiger partial charge in [0.25, 0.3) is 5.91 Å². The van der Waals surface area contributed by atoms with Gasteiger partial charge in [0.2, 0.25) is 5.91 Å². The summed E-state index contributed by atoms with van der Waals surface area (Å²) in [5.74, 6) is -0.414.